The van der Waals surface area contributed by atoms with E-state index >= 15 is 0 Å². The average Bonchev–Trinajstić information content (AvgIpc) is 2.94. The van der Waals surface area contributed by atoms with Gasteiger partial charge in [0.25, 0.3) is 5.89 Å². The molecule has 0 atom stereocenters. The van der Waals surface area contributed by atoms with E-state index in [0.717, 1.165) is 6.07 Å². The van der Waals surface area contributed by atoms with E-state index in [1.54, 1.807) is 0 Å². The molecule has 3 rings (SSSR count). The number of anilines is 1. The van der Waals surface area contributed by atoms with Crippen LogP contribution in [0, 0.1) is 11.6 Å². The van der Waals surface area contributed by atoms with Crippen molar-refractivity contribution in [1.82, 2.24) is 10.1 Å². The lowest BCUT2D eigenvalue weighted by Gasteiger charge is -1.98. The van der Waals surface area contributed by atoms with Gasteiger partial charge in [-0.2, -0.15) is 4.98 Å². The van der Waals surface area contributed by atoms with Crippen molar-refractivity contribution in [3.8, 4) is 28.6 Å². The van der Waals surface area contributed by atoms with E-state index in [0.29, 0.717) is 11.1 Å². The Labute approximate surface area is 117 Å². The second kappa shape index (κ2) is 4.86. The van der Waals surface area contributed by atoms with Gasteiger partial charge in [-0.15, -0.1) is 0 Å². The normalized spacial score (nSPS) is 10.8. The molecule has 21 heavy (non-hydrogen) atoms. The molecule has 0 amide bonds. The number of halogens is 2. The molecule has 3 aromatic rings. The molecule has 0 saturated carbocycles. The summed E-state index contributed by atoms with van der Waals surface area (Å²) in [7, 11) is 0. The molecule has 0 aliphatic carbocycles. The summed E-state index contributed by atoms with van der Waals surface area (Å²) in [6.07, 6.45) is 0. The molecule has 0 saturated heterocycles. The van der Waals surface area contributed by atoms with Gasteiger partial charge in [0, 0.05) is 11.1 Å². The van der Waals surface area contributed by atoms with Crippen molar-refractivity contribution < 1.29 is 18.4 Å². The van der Waals surface area contributed by atoms with Crippen LogP contribution in [0.4, 0.5) is 14.5 Å². The first-order valence-corrected chi connectivity index (χ1v) is 5.92. The van der Waals surface area contributed by atoms with Crippen molar-refractivity contribution in [2.75, 3.05) is 5.73 Å². The Morgan fingerprint density at radius 2 is 1.71 bits per heavy atom. The number of nitrogens with zero attached hydrogens (tertiary/aromatic N) is 2. The predicted molar refractivity (Wildman–Crippen MR) is 71.2 cm³/mol. The quantitative estimate of drug-likeness (QED) is 0.708. The second-order valence-corrected chi connectivity index (χ2v) is 4.33. The van der Waals surface area contributed by atoms with Crippen molar-refractivity contribution in [1.29, 1.82) is 0 Å². The molecule has 0 aliphatic rings. The van der Waals surface area contributed by atoms with Crippen LogP contribution < -0.4 is 5.73 Å². The fourth-order valence-electron chi connectivity index (χ4n) is 1.76. The zero-order valence-corrected chi connectivity index (χ0v) is 10.5. The Kier molecular flexibility index (Phi) is 3.02. The molecule has 3 N–H and O–H groups in total. The van der Waals surface area contributed by atoms with Crippen LogP contribution >= 0.6 is 0 Å². The number of benzene rings is 2. The smallest absolute Gasteiger partial charge is 0.258 e. The third kappa shape index (κ3) is 2.40. The van der Waals surface area contributed by atoms with Crippen molar-refractivity contribution in [3.63, 3.8) is 0 Å². The first-order chi connectivity index (χ1) is 10.0. The number of phenolic OH excluding ortho intramolecular Hbond substituents is 1. The largest absolute Gasteiger partial charge is 0.505 e. The lowest BCUT2D eigenvalue weighted by molar-refractivity contribution is 0.429. The zero-order valence-electron chi connectivity index (χ0n) is 10.5. The van der Waals surface area contributed by atoms with E-state index in [9.17, 15) is 8.78 Å². The van der Waals surface area contributed by atoms with Crippen LogP contribution in [0.15, 0.2) is 40.9 Å². The van der Waals surface area contributed by atoms with Gasteiger partial charge in [-0.05, 0) is 36.4 Å². The lowest BCUT2D eigenvalue weighted by atomic mass is 10.2. The summed E-state index contributed by atoms with van der Waals surface area (Å²) >= 11 is 0. The monoisotopic (exact) mass is 289 g/mol. The maximum absolute atomic E-state index is 13.4. The summed E-state index contributed by atoms with van der Waals surface area (Å²) in [5, 5.41) is 12.8. The van der Waals surface area contributed by atoms with Gasteiger partial charge in [0.05, 0.1) is 5.69 Å². The van der Waals surface area contributed by atoms with Crippen LogP contribution in [0.1, 0.15) is 0 Å². The van der Waals surface area contributed by atoms with Gasteiger partial charge in [0.2, 0.25) is 5.82 Å². The van der Waals surface area contributed by atoms with Gasteiger partial charge in [0.1, 0.15) is 5.82 Å². The molecule has 2 aromatic carbocycles. The van der Waals surface area contributed by atoms with Crippen molar-refractivity contribution in [2.24, 2.45) is 0 Å². The number of nitrogens with two attached hydrogens (primary N) is 1. The summed E-state index contributed by atoms with van der Waals surface area (Å²) in [5.41, 5.74) is 6.09. The van der Waals surface area contributed by atoms with E-state index in [1.165, 1.54) is 30.3 Å². The Morgan fingerprint density at radius 1 is 1.00 bits per heavy atom. The third-order valence-corrected chi connectivity index (χ3v) is 2.88. The van der Waals surface area contributed by atoms with E-state index < -0.39 is 17.4 Å². The molecule has 5 nitrogen and oxygen atoms in total. The van der Waals surface area contributed by atoms with Crippen LogP contribution in [0.2, 0.25) is 0 Å². The fourth-order valence-corrected chi connectivity index (χ4v) is 1.76. The Hall–Kier alpha value is -2.96. The maximum atomic E-state index is 13.4. The molecule has 1 aromatic heterocycles. The maximum Gasteiger partial charge on any atom is 0.258 e. The molecule has 0 spiro atoms. The molecule has 0 aliphatic heterocycles. The number of hydrogen-bond donors (Lipinski definition) is 2. The van der Waals surface area contributed by atoms with Gasteiger partial charge < -0.3 is 15.4 Å². The van der Waals surface area contributed by atoms with Crippen molar-refractivity contribution in [3.05, 3.63) is 48.0 Å². The molecule has 1 heterocycles. The number of hydrogen-bond acceptors (Lipinski definition) is 5. The van der Waals surface area contributed by atoms with Crippen LogP contribution in [0.3, 0.4) is 0 Å². The number of nitrogen functional groups attached to an aromatic ring is 1. The van der Waals surface area contributed by atoms with Crippen molar-refractivity contribution >= 4 is 5.69 Å². The Balaban J connectivity index is 1.99. The predicted octanol–water partition coefficient (Wildman–Crippen LogP) is 2.97. The number of aromatic hydroxyl groups is 1. The minimum absolute atomic E-state index is 0.0131. The Morgan fingerprint density at radius 3 is 2.43 bits per heavy atom. The summed E-state index contributed by atoms with van der Waals surface area (Å²) in [6.45, 7) is 0. The summed E-state index contributed by atoms with van der Waals surface area (Å²) < 4.78 is 31.7. The highest BCUT2D eigenvalue weighted by Gasteiger charge is 2.13. The number of aromatic nitrogens is 2. The lowest BCUT2D eigenvalue weighted by Crippen LogP contribution is -1.90. The molecular formula is C14H9F2N3O2. The van der Waals surface area contributed by atoms with Gasteiger partial charge in [0.15, 0.2) is 11.6 Å². The minimum atomic E-state index is -0.794. The van der Waals surface area contributed by atoms with Gasteiger partial charge in [-0.3, -0.25) is 0 Å². The topological polar surface area (TPSA) is 85.2 Å². The molecule has 0 unspecified atom stereocenters. The van der Waals surface area contributed by atoms with Gasteiger partial charge in [-0.25, -0.2) is 8.78 Å². The molecule has 106 valence electrons. The molecule has 0 radical (unpaired) electrons. The van der Waals surface area contributed by atoms with Gasteiger partial charge in [-0.1, -0.05) is 5.16 Å². The number of rotatable bonds is 2. The first kappa shape index (κ1) is 13.0. The zero-order chi connectivity index (χ0) is 15.0. The van der Waals surface area contributed by atoms with Crippen LogP contribution in [0.25, 0.3) is 22.8 Å². The fraction of sp³-hybridized carbons (Fsp3) is 0. The Bertz CT molecular complexity index is 752. The average molecular weight is 289 g/mol. The van der Waals surface area contributed by atoms with Gasteiger partial charge >= 0.3 is 0 Å². The van der Waals surface area contributed by atoms with E-state index in [2.05, 4.69) is 10.1 Å². The summed E-state index contributed by atoms with van der Waals surface area (Å²) in [5.74, 6) is -1.65. The summed E-state index contributed by atoms with van der Waals surface area (Å²) in [4.78, 5) is 4.06. The summed E-state index contributed by atoms with van der Waals surface area (Å²) in [6, 6.07) is 7.79. The first-order valence-electron chi connectivity index (χ1n) is 5.92. The molecule has 7 heteroatoms. The third-order valence-electron chi connectivity index (χ3n) is 2.88. The highest BCUT2D eigenvalue weighted by Crippen LogP contribution is 2.26. The number of phenols is 1. The minimum Gasteiger partial charge on any atom is -0.505 e. The highest BCUT2D eigenvalue weighted by molar-refractivity contribution is 5.62. The van der Waals surface area contributed by atoms with E-state index in [4.69, 9.17) is 15.4 Å². The van der Waals surface area contributed by atoms with Crippen LogP contribution in [-0.4, -0.2) is 15.2 Å². The second-order valence-electron chi connectivity index (χ2n) is 4.33. The standard InChI is InChI=1S/C14H9F2N3O2/c15-9-6-8(1-3-11(9)17)14-18-13(19-21-14)7-2-4-12(20)10(16)5-7/h1-6,20H,17H2. The highest BCUT2D eigenvalue weighted by atomic mass is 19.1. The van der Waals surface area contributed by atoms with Crippen LogP contribution in [-0.2, 0) is 0 Å². The SMILES string of the molecule is Nc1ccc(-c2nc(-c3ccc(O)c(F)c3)no2)cc1F. The van der Waals surface area contributed by atoms with Crippen molar-refractivity contribution in [2.45, 2.75) is 0 Å². The molecule has 0 fully saturated rings. The van der Waals surface area contributed by atoms with E-state index in [1.807, 2.05) is 0 Å². The molecule has 0 bridgehead atoms. The van der Waals surface area contributed by atoms with Crippen LogP contribution in [0.5, 0.6) is 5.75 Å². The molecular weight excluding hydrogens is 280 g/mol. The van der Waals surface area contributed by atoms with E-state index in [-0.39, 0.29) is 17.4 Å².